The van der Waals surface area contributed by atoms with Gasteiger partial charge < -0.3 is 10.4 Å². The summed E-state index contributed by atoms with van der Waals surface area (Å²) in [6.45, 7) is 1.47. The summed E-state index contributed by atoms with van der Waals surface area (Å²) in [5, 5.41) is 10.4. The molecule has 1 rings (SSSR count). The van der Waals surface area contributed by atoms with Crippen molar-refractivity contribution in [3.05, 3.63) is 35.9 Å². The van der Waals surface area contributed by atoms with Crippen LogP contribution in [0.2, 0.25) is 0 Å². The van der Waals surface area contributed by atoms with Crippen molar-refractivity contribution >= 4 is 28.8 Å². The first-order valence-electron chi connectivity index (χ1n) is 6.15. The van der Waals surface area contributed by atoms with Gasteiger partial charge in [0.05, 0.1) is 18.2 Å². The number of carboxylic acids is 1. The number of hydrogen-bond acceptors (Lipinski definition) is 4. The van der Waals surface area contributed by atoms with Crippen LogP contribution in [-0.2, 0) is 20.8 Å². The minimum Gasteiger partial charge on any atom is -0.481 e. The average molecular weight is 282 g/mol. The smallest absolute Gasteiger partial charge is 0.313 e. The van der Waals surface area contributed by atoms with Crippen molar-refractivity contribution < 1.29 is 20.9 Å². The molecule has 2 N–H and O–H groups in total. The lowest BCUT2D eigenvalue weighted by Crippen LogP contribution is -2.38. The first kappa shape index (κ1) is 13.6. The SMILES string of the molecule is [2H]C(C(=O)N[C@@H](C)C(=O)SCC(=O)O)c1ccccc1. The maximum atomic E-state index is 11.8. The van der Waals surface area contributed by atoms with Crippen molar-refractivity contribution in [2.24, 2.45) is 0 Å². The number of rotatable bonds is 6. The van der Waals surface area contributed by atoms with E-state index in [4.69, 9.17) is 6.48 Å². The van der Waals surface area contributed by atoms with Crippen molar-refractivity contribution in [2.75, 3.05) is 5.75 Å². The number of carboxylic acid groups (broad SMARTS) is 1. The topological polar surface area (TPSA) is 83.5 Å². The Hall–Kier alpha value is -1.82. The van der Waals surface area contributed by atoms with E-state index in [0.29, 0.717) is 17.3 Å². The molecule has 0 aromatic heterocycles. The normalized spacial score (nSPS) is 14.1. The first-order valence-corrected chi connectivity index (χ1v) is 6.56. The predicted octanol–water partition coefficient (Wildman–Crippen LogP) is 1.08. The summed E-state index contributed by atoms with van der Waals surface area (Å²) in [4.78, 5) is 33.7. The second-order valence-electron chi connectivity index (χ2n) is 3.79. The van der Waals surface area contributed by atoms with Crippen LogP contribution in [0.25, 0.3) is 0 Å². The zero-order chi connectivity index (χ0) is 15.1. The van der Waals surface area contributed by atoms with Gasteiger partial charge in [-0.2, -0.15) is 0 Å². The van der Waals surface area contributed by atoms with Crippen LogP contribution in [0.4, 0.5) is 0 Å². The minimum atomic E-state index is -1.11. The first-order chi connectivity index (χ1) is 9.41. The number of aliphatic carboxylic acids is 1. The van der Waals surface area contributed by atoms with E-state index in [0.717, 1.165) is 0 Å². The summed E-state index contributed by atoms with van der Waals surface area (Å²) in [6.07, 6.45) is -1.11. The van der Waals surface area contributed by atoms with E-state index < -0.39 is 29.4 Å². The molecule has 0 fully saturated rings. The Morgan fingerprint density at radius 1 is 1.37 bits per heavy atom. The number of carbonyl (C=O) groups is 3. The zero-order valence-electron chi connectivity index (χ0n) is 11.3. The molecule has 0 aliphatic rings. The molecule has 6 heteroatoms. The maximum Gasteiger partial charge on any atom is 0.313 e. The van der Waals surface area contributed by atoms with Crippen molar-refractivity contribution in [2.45, 2.75) is 19.4 Å². The number of benzene rings is 1. The Morgan fingerprint density at radius 3 is 2.58 bits per heavy atom. The van der Waals surface area contributed by atoms with Gasteiger partial charge in [-0.05, 0) is 12.5 Å². The molecule has 0 bridgehead atoms. The van der Waals surface area contributed by atoms with Crippen molar-refractivity contribution in [1.82, 2.24) is 5.32 Å². The Labute approximate surface area is 116 Å². The lowest BCUT2D eigenvalue weighted by molar-refractivity contribution is -0.134. The summed E-state index contributed by atoms with van der Waals surface area (Å²) in [5.74, 6) is -2.03. The molecular formula is C13H15NO4S. The van der Waals surface area contributed by atoms with Gasteiger partial charge in [0.2, 0.25) is 11.0 Å². The fourth-order valence-electron chi connectivity index (χ4n) is 1.27. The number of thioether (sulfide) groups is 1. The summed E-state index contributed by atoms with van der Waals surface area (Å²) in [6, 6.07) is 7.71. The molecule has 19 heavy (non-hydrogen) atoms. The van der Waals surface area contributed by atoms with E-state index in [1.165, 1.54) is 6.92 Å². The van der Waals surface area contributed by atoms with Gasteiger partial charge in [-0.3, -0.25) is 14.4 Å². The third kappa shape index (κ3) is 6.05. The van der Waals surface area contributed by atoms with Gasteiger partial charge in [-0.25, -0.2) is 0 Å². The largest absolute Gasteiger partial charge is 0.481 e. The van der Waals surface area contributed by atoms with Crippen molar-refractivity contribution in [1.29, 1.82) is 0 Å². The standard InChI is InChI=1S/C13H15NO4S/c1-9(13(18)19-8-12(16)17)14-11(15)7-10-5-3-2-4-6-10/h2-6,9H,7-8H2,1H3,(H,14,15)(H,16,17)/t9-/m0/s1/i7D/t7?,9-. The quantitative estimate of drug-likeness (QED) is 0.815. The Balaban J connectivity index is 2.53. The number of hydrogen-bond donors (Lipinski definition) is 2. The lowest BCUT2D eigenvalue weighted by atomic mass is 10.1. The van der Waals surface area contributed by atoms with Crippen molar-refractivity contribution in [3.8, 4) is 0 Å². The second kappa shape index (κ2) is 7.58. The molecule has 1 aromatic rings. The number of nitrogens with one attached hydrogen (secondary N) is 1. The zero-order valence-corrected chi connectivity index (χ0v) is 11.1. The average Bonchev–Trinajstić information content (AvgIpc) is 2.44. The van der Waals surface area contributed by atoms with E-state index >= 15 is 0 Å². The van der Waals surface area contributed by atoms with Gasteiger partial charge in [-0.15, -0.1) is 0 Å². The Kier molecular flexibility index (Phi) is 5.43. The summed E-state index contributed by atoms with van der Waals surface area (Å²) in [5.41, 5.74) is 0.530. The van der Waals surface area contributed by atoms with Gasteiger partial charge in [0.25, 0.3) is 0 Å². The number of carbonyl (C=O) groups excluding carboxylic acids is 2. The van der Waals surface area contributed by atoms with Gasteiger partial charge in [-0.1, -0.05) is 42.1 Å². The minimum absolute atomic E-state index is 0.345. The summed E-state index contributed by atoms with van der Waals surface area (Å²) >= 11 is 0.628. The molecule has 0 heterocycles. The van der Waals surface area contributed by atoms with E-state index in [9.17, 15) is 14.4 Å². The molecule has 2 atom stereocenters. The fourth-order valence-corrected chi connectivity index (χ4v) is 1.85. The highest BCUT2D eigenvalue weighted by Gasteiger charge is 2.17. The molecule has 0 radical (unpaired) electrons. The molecule has 0 aliphatic heterocycles. The van der Waals surface area contributed by atoms with Crippen LogP contribution in [-0.4, -0.2) is 33.9 Å². The van der Waals surface area contributed by atoms with Gasteiger partial charge in [0.15, 0.2) is 0 Å². The van der Waals surface area contributed by atoms with Crippen LogP contribution in [0.1, 0.15) is 13.9 Å². The Bertz CT molecular complexity index is 494. The molecule has 1 aromatic carbocycles. The van der Waals surface area contributed by atoms with E-state index in [1.807, 2.05) is 0 Å². The predicted molar refractivity (Wildman–Crippen MR) is 72.9 cm³/mol. The lowest BCUT2D eigenvalue weighted by Gasteiger charge is -2.11. The third-order valence-corrected chi connectivity index (χ3v) is 3.18. The van der Waals surface area contributed by atoms with Crippen LogP contribution in [0.15, 0.2) is 30.3 Å². The van der Waals surface area contributed by atoms with Crippen LogP contribution < -0.4 is 5.32 Å². The molecule has 0 aliphatic carbocycles. The molecule has 0 spiro atoms. The van der Waals surface area contributed by atoms with E-state index in [1.54, 1.807) is 30.3 Å². The highest BCUT2D eigenvalue weighted by atomic mass is 32.2. The summed E-state index contributed by atoms with van der Waals surface area (Å²) in [7, 11) is 0. The Morgan fingerprint density at radius 2 is 2.00 bits per heavy atom. The molecule has 1 unspecified atom stereocenters. The van der Waals surface area contributed by atoms with Crippen LogP contribution in [0.5, 0.6) is 0 Å². The fraction of sp³-hybridized carbons (Fsp3) is 0.308. The van der Waals surface area contributed by atoms with Crippen LogP contribution in [0.3, 0.4) is 0 Å². The highest BCUT2D eigenvalue weighted by Crippen LogP contribution is 2.06. The molecule has 0 saturated heterocycles. The van der Waals surface area contributed by atoms with Crippen molar-refractivity contribution in [3.63, 3.8) is 0 Å². The van der Waals surface area contributed by atoms with E-state index in [2.05, 4.69) is 5.32 Å². The molecule has 1 amide bonds. The number of amides is 1. The second-order valence-corrected chi connectivity index (χ2v) is 4.77. The maximum absolute atomic E-state index is 11.8. The van der Waals surface area contributed by atoms with Gasteiger partial charge in [0.1, 0.15) is 0 Å². The van der Waals surface area contributed by atoms with Crippen LogP contribution in [0, 0.1) is 0 Å². The van der Waals surface area contributed by atoms with E-state index in [-0.39, 0.29) is 5.75 Å². The molecular weight excluding hydrogens is 266 g/mol. The molecule has 5 nitrogen and oxygen atoms in total. The highest BCUT2D eigenvalue weighted by molar-refractivity contribution is 8.14. The van der Waals surface area contributed by atoms with Gasteiger partial charge >= 0.3 is 5.97 Å². The monoisotopic (exact) mass is 282 g/mol. The van der Waals surface area contributed by atoms with Crippen LogP contribution >= 0.6 is 11.8 Å². The third-order valence-electron chi connectivity index (χ3n) is 2.15. The van der Waals surface area contributed by atoms with Gasteiger partial charge in [0, 0.05) is 1.37 Å². The summed E-state index contributed by atoms with van der Waals surface area (Å²) < 4.78 is 7.80. The molecule has 102 valence electrons. The molecule has 0 saturated carbocycles.